The van der Waals surface area contributed by atoms with Gasteiger partial charge in [-0.05, 0) is 5.56 Å². The zero-order valence-corrected chi connectivity index (χ0v) is 11.6. The van der Waals surface area contributed by atoms with Gasteiger partial charge < -0.3 is 9.64 Å². The fraction of sp³-hybridized carbons (Fsp3) is 0.429. The van der Waals surface area contributed by atoms with E-state index in [1.54, 1.807) is 7.05 Å². The average Bonchev–Trinajstić information content (AvgIpc) is 3.26. The molecule has 0 spiro atoms. The highest BCUT2D eigenvalue weighted by atomic mass is 16.6. The lowest BCUT2D eigenvalue weighted by molar-refractivity contribution is -0.497. The Morgan fingerprint density at radius 2 is 2.05 bits per heavy atom. The van der Waals surface area contributed by atoms with E-state index in [0.29, 0.717) is 6.54 Å². The highest BCUT2D eigenvalue weighted by molar-refractivity contribution is 5.82. The molecule has 2 unspecified atom stereocenters. The molecule has 0 N–H and O–H groups in total. The second kappa shape index (κ2) is 6.34. The van der Waals surface area contributed by atoms with E-state index in [1.165, 1.54) is 4.90 Å². The molecule has 1 aliphatic carbocycles. The van der Waals surface area contributed by atoms with Gasteiger partial charge in [0, 0.05) is 24.9 Å². The number of hydrogen-bond donors (Lipinski definition) is 0. The predicted octanol–water partition coefficient (Wildman–Crippen LogP) is 0.853. The number of likely N-dealkylation sites (N-methyl/N-ethyl adjacent to an activating group) is 1. The van der Waals surface area contributed by atoms with Crippen molar-refractivity contribution in [3.8, 4) is 0 Å². The zero-order valence-electron chi connectivity index (χ0n) is 11.6. The Bertz CT molecular complexity index is 546. The number of rotatable bonds is 6. The lowest BCUT2D eigenvalue weighted by Gasteiger charge is -2.17. The Hall–Kier alpha value is -2.44. The van der Waals surface area contributed by atoms with Crippen LogP contribution in [0.1, 0.15) is 12.0 Å². The molecule has 2 atom stereocenters. The maximum absolute atomic E-state index is 11.8. The number of esters is 1. The van der Waals surface area contributed by atoms with Gasteiger partial charge in [-0.25, -0.2) is 0 Å². The van der Waals surface area contributed by atoms with Crippen molar-refractivity contribution in [3.63, 3.8) is 0 Å². The summed E-state index contributed by atoms with van der Waals surface area (Å²) in [7, 11) is 1.61. The zero-order chi connectivity index (χ0) is 15.4. The molecule has 1 amide bonds. The van der Waals surface area contributed by atoms with E-state index in [4.69, 9.17) is 4.74 Å². The summed E-state index contributed by atoms with van der Waals surface area (Å²) in [5.41, 5.74) is 0.968. The first kappa shape index (κ1) is 15.0. The SMILES string of the molecule is CN(Cc1ccccc1)C(=O)COC(=O)C1CC1[N+](=O)[O-]. The molecule has 0 aliphatic heterocycles. The van der Waals surface area contributed by atoms with Gasteiger partial charge in [0.1, 0.15) is 5.92 Å². The summed E-state index contributed by atoms with van der Waals surface area (Å²) in [6.07, 6.45) is 0.194. The van der Waals surface area contributed by atoms with Gasteiger partial charge in [-0.3, -0.25) is 19.7 Å². The summed E-state index contributed by atoms with van der Waals surface area (Å²) in [5.74, 6) is -1.71. The third-order valence-electron chi connectivity index (χ3n) is 3.36. The van der Waals surface area contributed by atoms with Gasteiger partial charge in [-0.15, -0.1) is 0 Å². The molecule has 0 radical (unpaired) electrons. The van der Waals surface area contributed by atoms with E-state index in [0.717, 1.165) is 5.56 Å². The highest BCUT2D eigenvalue weighted by Gasteiger charge is 2.54. The monoisotopic (exact) mass is 292 g/mol. The number of carbonyl (C=O) groups is 2. The number of nitro groups is 1. The number of nitrogens with zero attached hydrogens (tertiary/aromatic N) is 2. The molecule has 1 fully saturated rings. The van der Waals surface area contributed by atoms with Crippen molar-refractivity contribution in [2.75, 3.05) is 13.7 Å². The maximum Gasteiger partial charge on any atom is 0.316 e. The third-order valence-corrected chi connectivity index (χ3v) is 3.36. The topological polar surface area (TPSA) is 89.8 Å². The van der Waals surface area contributed by atoms with Crippen LogP contribution in [0.4, 0.5) is 0 Å². The first-order chi connectivity index (χ1) is 9.99. The molecular weight excluding hydrogens is 276 g/mol. The average molecular weight is 292 g/mol. The Morgan fingerprint density at radius 3 is 2.62 bits per heavy atom. The summed E-state index contributed by atoms with van der Waals surface area (Å²) in [6.45, 7) is 0.0290. The molecule has 0 saturated heterocycles. The lowest BCUT2D eigenvalue weighted by atomic mass is 10.2. The molecule has 0 aromatic heterocycles. The van der Waals surface area contributed by atoms with Crippen LogP contribution in [0.25, 0.3) is 0 Å². The Kier molecular flexibility index (Phi) is 4.52. The smallest absolute Gasteiger partial charge is 0.316 e. The van der Waals surface area contributed by atoms with Crippen molar-refractivity contribution in [2.24, 2.45) is 5.92 Å². The first-order valence-electron chi connectivity index (χ1n) is 6.57. The van der Waals surface area contributed by atoms with Gasteiger partial charge in [-0.2, -0.15) is 0 Å². The first-order valence-corrected chi connectivity index (χ1v) is 6.57. The minimum absolute atomic E-state index is 0.194. The highest BCUT2D eigenvalue weighted by Crippen LogP contribution is 2.34. The third kappa shape index (κ3) is 4.01. The standard InChI is InChI=1S/C14H16N2O5/c1-15(8-10-5-3-2-4-6-10)13(17)9-21-14(18)11-7-12(11)16(19)20/h2-6,11-12H,7-9H2,1H3. The number of benzene rings is 1. The second-order valence-corrected chi connectivity index (χ2v) is 5.04. The summed E-state index contributed by atoms with van der Waals surface area (Å²) in [5, 5.41) is 10.4. The van der Waals surface area contributed by atoms with Gasteiger partial charge in [-0.1, -0.05) is 30.3 Å². The van der Waals surface area contributed by atoms with Crippen LogP contribution in [0.5, 0.6) is 0 Å². The van der Waals surface area contributed by atoms with Crippen LogP contribution in [0.2, 0.25) is 0 Å². The molecule has 112 valence electrons. The Morgan fingerprint density at radius 1 is 1.38 bits per heavy atom. The number of hydrogen-bond acceptors (Lipinski definition) is 5. The number of carbonyl (C=O) groups excluding carboxylic acids is 2. The van der Waals surface area contributed by atoms with Crippen molar-refractivity contribution in [3.05, 3.63) is 46.0 Å². The van der Waals surface area contributed by atoms with Crippen molar-refractivity contribution in [2.45, 2.75) is 19.0 Å². The fourth-order valence-electron chi connectivity index (χ4n) is 1.96. The van der Waals surface area contributed by atoms with Crippen LogP contribution in [-0.2, 0) is 20.9 Å². The summed E-state index contributed by atoms with van der Waals surface area (Å²) in [6, 6.07) is 8.56. The van der Waals surface area contributed by atoms with Gasteiger partial charge in [0.25, 0.3) is 5.91 Å². The maximum atomic E-state index is 11.8. The summed E-state index contributed by atoms with van der Waals surface area (Å²) >= 11 is 0. The van der Waals surface area contributed by atoms with E-state index in [9.17, 15) is 19.7 Å². The van der Waals surface area contributed by atoms with E-state index in [2.05, 4.69) is 0 Å². The van der Waals surface area contributed by atoms with Crippen molar-refractivity contribution in [1.82, 2.24) is 4.90 Å². The van der Waals surface area contributed by atoms with E-state index in [-0.39, 0.29) is 18.9 Å². The minimum Gasteiger partial charge on any atom is -0.455 e. The molecule has 1 aromatic rings. The Balaban J connectivity index is 1.74. The largest absolute Gasteiger partial charge is 0.455 e. The molecule has 7 nitrogen and oxygen atoms in total. The summed E-state index contributed by atoms with van der Waals surface area (Å²) in [4.78, 5) is 34.7. The van der Waals surface area contributed by atoms with E-state index in [1.807, 2.05) is 30.3 Å². The van der Waals surface area contributed by atoms with Crippen LogP contribution < -0.4 is 0 Å². The fourth-order valence-corrected chi connectivity index (χ4v) is 1.96. The second-order valence-electron chi connectivity index (χ2n) is 5.04. The predicted molar refractivity (Wildman–Crippen MR) is 72.8 cm³/mol. The molecule has 1 saturated carbocycles. The molecule has 7 heteroatoms. The lowest BCUT2D eigenvalue weighted by Crippen LogP contribution is -2.31. The van der Waals surface area contributed by atoms with Crippen molar-refractivity contribution in [1.29, 1.82) is 0 Å². The number of amides is 1. The van der Waals surface area contributed by atoms with Crippen molar-refractivity contribution >= 4 is 11.9 Å². The molecule has 0 heterocycles. The van der Waals surface area contributed by atoms with E-state index < -0.39 is 22.9 Å². The van der Waals surface area contributed by atoms with Crippen LogP contribution in [0.3, 0.4) is 0 Å². The van der Waals surface area contributed by atoms with Crippen LogP contribution in [0, 0.1) is 16.0 Å². The molecular formula is C14H16N2O5. The van der Waals surface area contributed by atoms with Gasteiger partial charge >= 0.3 is 5.97 Å². The number of ether oxygens (including phenoxy) is 1. The molecule has 1 aromatic carbocycles. The molecule has 0 bridgehead atoms. The molecule has 2 rings (SSSR count). The summed E-state index contributed by atoms with van der Waals surface area (Å²) < 4.78 is 4.83. The van der Waals surface area contributed by atoms with Crippen LogP contribution in [0.15, 0.2) is 30.3 Å². The molecule has 1 aliphatic rings. The van der Waals surface area contributed by atoms with Crippen LogP contribution in [-0.4, -0.2) is 41.4 Å². The van der Waals surface area contributed by atoms with Gasteiger partial charge in [0.15, 0.2) is 6.61 Å². The van der Waals surface area contributed by atoms with Gasteiger partial charge in [0.05, 0.1) is 0 Å². The quantitative estimate of drug-likeness (QED) is 0.440. The normalized spacial score (nSPS) is 19.7. The van der Waals surface area contributed by atoms with Crippen LogP contribution >= 0.6 is 0 Å². The Labute approximate surface area is 121 Å². The minimum atomic E-state index is -0.852. The molecule has 21 heavy (non-hydrogen) atoms. The van der Waals surface area contributed by atoms with Crippen molar-refractivity contribution < 1.29 is 19.2 Å². The van der Waals surface area contributed by atoms with E-state index >= 15 is 0 Å². The van der Waals surface area contributed by atoms with Gasteiger partial charge in [0.2, 0.25) is 6.04 Å².